The first-order valence-corrected chi connectivity index (χ1v) is 3.11. The summed E-state index contributed by atoms with van der Waals surface area (Å²) in [5, 5.41) is 1.09. The maximum Gasteiger partial charge on any atom is 0.116 e. The summed E-state index contributed by atoms with van der Waals surface area (Å²) in [6.45, 7) is 0. The van der Waals surface area contributed by atoms with Gasteiger partial charge in [0.15, 0.2) is 0 Å². The van der Waals surface area contributed by atoms with E-state index in [9.17, 15) is 0 Å². The molecule has 0 saturated carbocycles. The summed E-state index contributed by atoms with van der Waals surface area (Å²) in [7, 11) is 0. The van der Waals surface area contributed by atoms with Crippen LogP contribution in [0.1, 0.15) is 0 Å². The molecule has 0 aliphatic heterocycles. The van der Waals surface area contributed by atoms with E-state index in [1.54, 1.807) is 6.33 Å². The maximum atomic E-state index is 4.07. The molecule has 0 unspecified atom stereocenters. The average Bonchev–Trinajstić information content (AvgIpc) is 2.05. The minimum atomic E-state index is 0. The van der Waals surface area contributed by atoms with Crippen LogP contribution in [-0.4, -0.2) is 26.4 Å². The summed E-state index contributed by atoms with van der Waals surface area (Å²) in [6, 6.07) is 7.91. The zero-order valence-electron chi connectivity index (χ0n) is 6.86. The third-order valence-corrected chi connectivity index (χ3v) is 1.41. The molecule has 0 radical (unpaired) electrons. The molecule has 0 atom stereocenters. The fourth-order valence-corrected chi connectivity index (χ4v) is 0.923. The van der Waals surface area contributed by atoms with Gasteiger partial charge in [-0.3, -0.25) is 0 Å². The van der Waals surface area contributed by atoms with Gasteiger partial charge in [-0.2, -0.15) is 0 Å². The Bertz CT molecular complexity index is 288. The van der Waals surface area contributed by atoms with Crippen LogP contribution in [0.3, 0.4) is 0 Å². The van der Waals surface area contributed by atoms with Gasteiger partial charge in [-0.15, -0.1) is 0 Å². The minimum absolute atomic E-state index is 0. The van der Waals surface area contributed by atoms with E-state index >= 15 is 0 Å². The van der Waals surface area contributed by atoms with Crippen molar-refractivity contribution in [2.45, 2.75) is 0 Å². The number of hydrogen-bond acceptors (Lipinski definition) is 2. The van der Waals surface area contributed by atoms with Gasteiger partial charge in [0.05, 0.1) is 5.52 Å². The number of nitrogens with zero attached hydrogens (tertiary/aromatic N) is 2. The van der Waals surface area contributed by atoms with E-state index in [2.05, 4.69) is 9.97 Å². The SMILES string of the molecule is O.O.O.c1ccc2ncncc2c1. The van der Waals surface area contributed by atoms with E-state index in [1.807, 2.05) is 30.5 Å². The highest BCUT2D eigenvalue weighted by atomic mass is 16.0. The van der Waals surface area contributed by atoms with Crippen LogP contribution < -0.4 is 0 Å². The van der Waals surface area contributed by atoms with Crippen molar-refractivity contribution in [2.75, 3.05) is 0 Å². The number of para-hydroxylation sites is 1. The topological polar surface area (TPSA) is 120 Å². The van der Waals surface area contributed by atoms with E-state index in [0.29, 0.717) is 0 Å². The molecule has 0 aliphatic rings. The van der Waals surface area contributed by atoms with Gasteiger partial charge in [0, 0.05) is 11.6 Å². The first kappa shape index (κ1) is 14.0. The standard InChI is InChI=1S/C8H6N2.3H2O/c1-2-4-8-7(3-1)5-9-6-10-8;;;/h1-6H;3*1H2. The van der Waals surface area contributed by atoms with Crippen molar-refractivity contribution in [3.8, 4) is 0 Å². The Morgan fingerprint density at radius 1 is 0.923 bits per heavy atom. The van der Waals surface area contributed by atoms with Crippen molar-refractivity contribution in [3.63, 3.8) is 0 Å². The smallest absolute Gasteiger partial charge is 0.116 e. The maximum absolute atomic E-state index is 4.07. The molecule has 0 fully saturated rings. The Kier molecular flexibility index (Phi) is 6.47. The Morgan fingerprint density at radius 3 is 2.31 bits per heavy atom. The number of hydrogen-bond donors (Lipinski definition) is 0. The molecule has 5 nitrogen and oxygen atoms in total. The fraction of sp³-hybridized carbons (Fsp3) is 0. The monoisotopic (exact) mass is 184 g/mol. The Balaban J connectivity index is 0. The normalized spacial score (nSPS) is 7.69. The molecular formula is C8H12N2O3. The zero-order valence-corrected chi connectivity index (χ0v) is 6.86. The van der Waals surface area contributed by atoms with Crippen LogP contribution in [0.4, 0.5) is 0 Å². The third kappa shape index (κ3) is 2.75. The molecule has 2 rings (SSSR count). The van der Waals surface area contributed by atoms with Gasteiger partial charge in [0.25, 0.3) is 0 Å². The second kappa shape index (κ2) is 6.01. The lowest BCUT2D eigenvalue weighted by atomic mass is 10.2. The molecule has 5 heteroatoms. The van der Waals surface area contributed by atoms with E-state index in [-0.39, 0.29) is 16.4 Å². The first-order valence-electron chi connectivity index (χ1n) is 3.11. The van der Waals surface area contributed by atoms with Gasteiger partial charge < -0.3 is 16.4 Å². The quantitative estimate of drug-likeness (QED) is 0.530. The summed E-state index contributed by atoms with van der Waals surface area (Å²) in [4.78, 5) is 7.97. The molecule has 0 saturated heterocycles. The van der Waals surface area contributed by atoms with Gasteiger partial charge in [-0.25, -0.2) is 9.97 Å². The molecule has 13 heavy (non-hydrogen) atoms. The summed E-state index contributed by atoms with van der Waals surface area (Å²) < 4.78 is 0. The number of rotatable bonds is 0. The first-order chi connectivity index (χ1) is 4.97. The van der Waals surface area contributed by atoms with Gasteiger partial charge in [0.2, 0.25) is 0 Å². The van der Waals surface area contributed by atoms with Crippen molar-refractivity contribution in [1.82, 2.24) is 9.97 Å². The van der Waals surface area contributed by atoms with Crippen LogP contribution in [0.25, 0.3) is 10.9 Å². The predicted molar refractivity (Wildman–Crippen MR) is 50.4 cm³/mol. The summed E-state index contributed by atoms with van der Waals surface area (Å²) in [6.07, 6.45) is 3.37. The molecule has 0 bridgehead atoms. The Morgan fingerprint density at radius 2 is 1.62 bits per heavy atom. The lowest BCUT2D eigenvalue weighted by Gasteiger charge is -1.90. The van der Waals surface area contributed by atoms with E-state index < -0.39 is 0 Å². The van der Waals surface area contributed by atoms with Crippen LogP contribution in [0.5, 0.6) is 0 Å². The predicted octanol–water partition coefficient (Wildman–Crippen LogP) is -0.844. The van der Waals surface area contributed by atoms with Crippen molar-refractivity contribution in [1.29, 1.82) is 0 Å². The Labute approximate surface area is 75.0 Å². The van der Waals surface area contributed by atoms with Gasteiger partial charge in [-0.1, -0.05) is 18.2 Å². The van der Waals surface area contributed by atoms with E-state index in [0.717, 1.165) is 10.9 Å². The van der Waals surface area contributed by atoms with Crippen molar-refractivity contribution in [3.05, 3.63) is 36.8 Å². The average molecular weight is 184 g/mol. The van der Waals surface area contributed by atoms with Crippen LogP contribution in [0.2, 0.25) is 0 Å². The zero-order chi connectivity index (χ0) is 6.81. The minimum Gasteiger partial charge on any atom is -0.412 e. The molecule has 2 aromatic rings. The molecule has 0 spiro atoms. The molecule has 1 aromatic heterocycles. The largest absolute Gasteiger partial charge is 0.412 e. The Hall–Kier alpha value is -1.56. The number of aromatic nitrogens is 2. The fourth-order valence-electron chi connectivity index (χ4n) is 0.923. The highest BCUT2D eigenvalue weighted by Crippen LogP contribution is 2.06. The van der Waals surface area contributed by atoms with E-state index in [1.165, 1.54) is 0 Å². The van der Waals surface area contributed by atoms with Gasteiger partial charge >= 0.3 is 0 Å². The van der Waals surface area contributed by atoms with Crippen LogP contribution in [0.15, 0.2) is 36.8 Å². The molecular weight excluding hydrogens is 172 g/mol. The molecule has 0 aliphatic carbocycles. The van der Waals surface area contributed by atoms with Crippen LogP contribution in [0, 0.1) is 0 Å². The molecule has 0 amide bonds. The second-order valence-electron chi connectivity index (χ2n) is 2.08. The molecule has 72 valence electrons. The molecule has 1 aromatic carbocycles. The highest BCUT2D eigenvalue weighted by molar-refractivity contribution is 5.76. The van der Waals surface area contributed by atoms with Crippen molar-refractivity contribution in [2.24, 2.45) is 0 Å². The summed E-state index contributed by atoms with van der Waals surface area (Å²) in [5.74, 6) is 0. The van der Waals surface area contributed by atoms with Gasteiger partial charge in [-0.05, 0) is 6.07 Å². The van der Waals surface area contributed by atoms with Crippen LogP contribution >= 0.6 is 0 Å². The van der Waals surface area contributed by atoms with Crippen molar-refractivity contribution >= 4 is 10.9 Å². The number of fused-ring (bicyclic) bond motifs is 1. The summed E-state index contributed by atoms with van der Waals surface area (Å²) >= 11 is 0. The second-order valence-corrected chi connectivity index (χ2v) is 2.08. The lowest BCUT2D eigenvalue weighted by molar-refractivity contribution is 0.823. The third-order valence-electron chi connectivity index (χ3n) is 1.41. The van der Waals surface area contributed by atoms with E-state index in [4.69, 9.17) is 0 Å². The number of benzene rings is 1. The molecule has 1 heterocycles. The lowest BCUT2D eigenvalue weighted by Crippen LogP contribution is -1.77. The van der Waals surface area contributed by atoms with Crippen molar-refractivity contribution < 1.29 is 16.4 Å². The van der Waals surface area contributed by atoms with Gasteiger partial charge in [0.1, 0.15) is 6.33 Å². The highest BCUT2D eigenvalue weighted by Gasteiger charge is 1.87. The van der Waals surface area contributed by atoms with Crippen LogP contribution in [-0.2, 0) is 0 Å². The summed E-state index contributed by atoms with van der Waals surface area (Å²) in [5.41, 5.74) is 0.998. The molecule has 6 N–H and O–H groups in total.